The minimum atomic E-state index is -0.295. The van der Waals surface area contributed by atoms with E-state index in [9.17, 15) is 9.59 Å². The first-order valence-corrected chi connectivity index (χ1v) is 4.63. The lowest BCUT2D eigenvalue weighted by Crippen LogP contribution is -2.37. The minimum Gasteiger partial charge on any atom is -0.377 e. The molecule has 1 heterocycles. The molecule has 0 amide bonds. The van der Waals surface area contributed by atoms with Gasteiger partial charge in [0.1, 0.15) is 5.69 Å². The molecule has 0 saturated heterocycles. The maximum absolute atomic E-state index is 11.6. The first-order chi connectivity index (χ1) is 6.59. The number of hydrogen-bond donors (Lipinski definition) is 1. The van der Waals surface area contributed by atoms with Crippen LogP contribution in [0.15, 0.2) is 15.8 Å². The van der Waals surface area contributed by atoms with Crippen LogP contribution < -0.4 is 16.6 Å². The maximum atomic E-state index is 11.6. The van der Waals surface area contributed by atoms with Crippen LogP contribution in [0.5, 0.6) is 0 Å². The highest BCUT2D eigenvalue weighted by Gasteiger charge is 2.22. The van der Waals surface area contributed by atoms with Gasteiger partial charge >= 0.3 is 5.69 Å². The highest BCUT2D eigenvalue weighted by molar-refractivity contribution is 5.40. The Hall–Kier alpha value is -1.52. The van der Waals surface area contributed by atoms with E-state index in [0.717, 1.165) is 17.4 Å². The van der Waals surface area contributed by atoms with E-state index in [4.69, 9.17) is 0 Å². The van der Waals surface area contributed by atoms with E-state index in [1.807, 2.05) is 0 Å². The lowest BCUT2D eigenvalue weighted by Gasteiger charge is -2.07. The zero-order valence-corrected chi connectivity index (χ0v) is 8.28. The van der Waals surface area contributed by atoms with Gasteiger partial charge in [0.05, 0.1) is 0 Å². The summed E-state index contributed by atoms with van der Waals surface area (Å²) in [6.07, 6.45) is 3.76. The van der Waals surface area contributed by atoms with Crippen LogP contribution in [0.4, 0.5) is 5.69 Å². The Morgan fingerprint density at radius 2 is 2.00 bits per heavy atom. The predicted octanol–water partition coefficient (Wildman–Crippen LogP) is -0.342. The van der Waals surface area contributed by atoms with Gasteiger partial charge in [0.15, 0.2) is 0 Å². The number of rotatable bonds is 2. The topological polar surface area (TPSA) is 56.0 Å². The first kappa shape index (κ1) is 9.05. The normalized spacial score (nSPS) is 15.6. The Labute approximate surface area is 81.0 Å². The fourth-order valence-electron chi connectivity index (χ4n) is 1.35. The van der Waals surface area contributed by atoms with Crippen LogP contribution in [-0.4, -0.2) is 15.2 Å². The van der Waals surface area contributed by atoms with Crippen molar-refractivity contribution in [1.82, 2.24) is 9.13 Å². The third-order valence-electron chi connectivity index (χ3n) is 2.38. The fraction of sp³-hybridized carbons (Fsp3) is 0.556. The summed E-state index contributed by atoms with van der Waals surface area (Å²) in [6.45, 7) is 0. The summed E-state index contributed by atoms with van der Waals surface area (Å²) in [6, 6.07) is 0.417. The van der Waals surface area contributed by atoms with E-state index in [0.29, 0.717) is 11.7 Å². The Kier molecular flexibility index (Phi) is 1.94. The molecule has 0 bridgehead atoms. The highest BCUT2D eigenvalue weighted by atomic mass is 16.2. The Morgan fingerprint density at radius 3 is 2.57 bits per heavy atom. The van der Waals surface area contributed by atoms with Crippen LogP contribution >= 0.6 is 0 Å². The number of aromatic nitrogens is 2. The van der Waals surface area contributed by atoms with Gasteiger partial charge in [-0.2, -0.15) is 0 Å². The smallest absolute Gasteiger partial charge is 0.330 e. The van der Waals surface area contributed by atoms with E-state index in [2.05, 4.69) is 5.32 Å². The zero-order chi connectivity index (χ0) is 10.3. The molecule has 1 saturated carbocycles. The van der Waals surface area contributed by atoms with Crippen LogP contribution in [0, 0.1) is 0 Å². The number of nitrogens with one attached hydrogen (secondary N) is 1. The molecular formula is C9H13N3O2. The van der Waals surface area contributed by atoms with E-state index >= 15 is 0 Å². The van der Waals surface area contributed by atoms with Gasteiger partial charge in [-0.15, -0.1) is 0 Å². The molecule has 1 aliphatic carbocycles. The van der Waals surface area contributed by atoms with Gasteiger partial charge in [0, 0.05) is 26.3 Å². The van der Waals surface area contributed by atoms with Gasteiger partial charge in [0.25, 0.3) is 5.56 Å². The van der Waals surface area contributed by atoms with Crippen molar-refractivity contribution in [3.05, 3.63) is 27.0 Å². The lowest BCUT2D eigenvalue weighted by molar-refractivity contribution is 0.687. The van der Waals surface area contributed by atoms with Crippen molar-refractivity contribution < 1.29 is 0 Å². The molecule has 5 heteroatoms. The van der Waals surface area contributed by atoms with Crippen molar-refractivity contribution in [2.24, 2.45) is 14.1 Å². The Balaban J connectivity index is 2.49. The molecule has 14 heavy (non-hydrogen) atoms. The molecular weight excluding hydrogens is 182 g/mol. The summed E-state index contributed by atoms with van der Waals surface area (Å²) in [7, 11) is 3.13. The van der Waals surface area contributed by atoms with Crippen molar-refractivity contribution in [3.63, 3.8) is 0 Å². The summed E-state index contributed by atoms with van der Waals surface area (Å²) in [5.41, 5.74) is -0.0338. The molecule has 1 N–H and O–H groups in total. The van der Waals surface area contributed by atoms with Crippen molar-refractivity contribution in [3.8, 4) is 0 Å². The lowest BCUT2D eigenvalue weighted by atomic mass is 10.4. The van der Waals surface area contributed by atoms with Gasteiger partial charge < -0.3 is 9.88 Å². The summed E-state index contributed by atoms with van der Waals surface area (Å²) in [5, 5.41) is 3.10. The molecule has 0 radical (unpaired) electrons. The third-order valence-corrected chi connectivity index (χ3v) is 2.38. The van der Waals surface area contributed by atoms with Crippen LogP contribution in [0.2, 0.25) is 0 Å². The second kappa shape index (κ2) is 3.01. The average molecular weight is 195 g/mol. The standard InChI is InChI=1S/C9H13N3O2/c1-11-5-7(10-6-3-4-6)8(13)12(2)9(11)14/h5-6,10H,3-4H2,1-2H3. The quantitative estimate of drug-likeness (QED) is 0.702. The van der Waals surface area contributed by atoms with Gasteiger partial charge in [0.2, 0.25) is 0 Å². The number of aryl methyl sites for hydroxylation is 1. The van der Waals surface area contributed by atoms with Crippen LogP contribution in [0.25, 0.3) is 0 Å². The van der Waals surface area contributed by atoms with E-state index in [-0.39, 0.29) is 11.2 Å². The second-order valence-electron chi connectivity index (χ2n) is 3.72. The molecule has 76 valence electrons. The number of anilines is 1. The van der Waals surface area contributed by atoms with Gasteiger partial charge in [-0.3, -0.25) is 9.36 Å². The molecule has 5 nitrogen and oxygen atoms in total. The Morgan fingerprint density at radius 1 is 1.36 bits per heavy atom. The number of hydrogen-bond acceptors (Lipinski definition) is 3. The molecule has 1 aromatic heterocycles. The molecule has 0 unspecified atom stereocenters. The molecule has 0 atom stereocenters. The molecule has 1 fully saturated rings. The summed E-state index contributed by atoms with van der Waals surface area (Å²) >= 11 is 0. The third kappa shape index (κ3) is 1.45. The molecule has 0 aliphatic heterocycles. The molecule has 1 aliphatic rings. The van der Waals surface area contributed by atoms with Crippen LogP contribution in [-0.2, 0) is 14.1 Å². The predicted molar refractivity (Wildman–Crippen MR) is 53.6 cm³/mol. The zero-order valence-electron chi connectivity index (χ0n) is 8.28. The van der Waals surface area contributed by atoms with Crippen molar-refractivity contribution >= 4 is 5.69 Å². The molecule has 2 rings (SSSR count). The van der Waals surface area contributed by atoms with Crippen molar-refractivity contribution in [1.29, 1.82) is 0 Å². The highest BCUT2D eigenvalue weighted by Crippen LogP contribution is 2.22. The monoisotopic (exact) mass is 195 g/mol. The Bertz CT molecular complexity index is 468. The largest absolute Gasteiger partial charge is 0.377 e. The van der Waals surface area contributed by atoms with E-state index in [1.165, 1.54) is 11.6 Å². The van der Waals surface area contributed by atoms with Crippen LogP contribution in [0.3, 0.4) is 0 Å². The van der Waals surface area contributed by atoms with E-state index in [1.54, 1.807) is 13.2 Å². The maximum Gasteiger partial charge on any atom is 0.330 e. The minimum absolute atomic E-state index is 0.250. The SMILES string of the molecule is Cn1cc(NC2CC2)c(=O)n(C)c1=O. The number of nitrogens with zero attached hydrogens (tertiary/aromatic N) is 2. The first-order valence-electron chi connectivity index (χ1n) is 4.63. The average Bonchev–Trinajstić information content (AvgIpc) is 2.94. The second-order valence-corrected chi connectivity index (χ2v) is 3.72. The molecule has 0 spiro atoms. The molecule has 1 aromatic rings. The summed E-state index contributed by atoms with van der Waals surface area (Å²) < 4.78 is 2.52. The van der Waals surface area contributed by atoms with Gasteiger partial charge in [-0.05, 0) is 12.8 Å². The van der Waals surface area contributed by atoms with Gasteiger partial charge in [-0.25, -0.2) is 4.79 Å². The summed E-state index contributed by atoms with van der Waals surface area (Å²) in [4.78, 5) is 22.9. The van der Waals surface area contributed by atoms with Crippen molar-refractivity contribution in [2.45, 2.75) is 18.9 Å². The summed E-state index contributed by atoms with van der Waals surface area (Å²) in [5.74, 6) is 0. The van der Waals surface area contributed by atoms with Crippen LogP contribution in [0.1, 0.15) is 12.8 Å². The molecule has 0 aromatic carbocycles. The van der Waals surface area contributed by atoms with Gasteiger partial charge in [-0.1, -0.05) is 0 Å². The van der Waals surface area contributed by atoms with Crippen molar-refractivity contribution in [2.75, 3.05) is 5.32 Å². The fourth-order valence-corrected chi connectivity index (χ4v) is 1.35. The van der Waals surface area contributed by atoms with E-state index < -0.39 is 0 Å².